The Morgan fingerprint density at radius 1 is 1.21 bits per heavy atom. The van der Waals surface area contributed by atoms with Gasteiger partial charge >= 0.3 is 0 Å². The van der Waals surface area contributed by atoms with Gasteiger partial charge in [0, 0.05) is 11.4 Å². The van der Waals surface area contributed by atoms with Crippen molar-refractivity contribution in [2.24, 2.45) is 5.14 Å². The molecule has 0 aromatic heterocycles. The molecule has 0 bridgehead atoms. The Labute approximate surface area is 150 Å². The number of nitrogens with two attached hydrogens (primary N) is 1. The van der Waals surface area contributed by atoms with Crippen LogP contribution < -0.4 is 15.8 Å². The molecule has 4 N–H and O–H groups in total. The molecule has 2 aromatic carbocycles. The monoisotopic (exact) mass is 387 g/mol. The van der Waals surface area contributed by atoms with Crippen LogP contribution in [0.25, 0.3) is 0 Å². The van der Waals surface area contributed by atoms with Crippen molar-refractivity contribution in [2.45, 2.75) is 18.7 Å². The molecule has 9 heteroatoms. The smallest absolute Gasteiger partial charge is 0.238 e. The number of nitrogens with one attached hydrogen (secondary N) is 2. The maximum absolute atomic E-state index is 13.2. The first-order valence-corrected chi connectivity index (χ1v) is 9.08. The minimum Gasteiger partial charge on any atom is -0.332 e. The second-order valence-corrected chi connectivity index (χ2v) is 7.54. The summed E-state index contributed by atoms with van der Waals surface area (Å²) in [5, 5.41) is 11.1. The number of anilines is 2. The van der Waals surface area contributed by atoms with Crippen LogP contribution in [0.2, 0.25) is 5.02 Å². The second-order valence-electron chi connectivity index (χ2n) is 5.17. The van der Waals surface area contributed by atoms with Gasteiger partial charge in [-0.05, 0) is 67.5 Å². The Balaban J connectivity index is 2.25. The molecule has 0 spiro atoms. The van der Waals surface area contributed by atoms with Gasteiger partial charge in [0.15, 0.2) is 5.11 Å². The van der Waals surface area contributed by atoms with Crippen LogP contribution in [-0.4, -0.2) is 13.5 Å². The van der Waals surface area contributed by atoms with Crippen molar-refractivity contribution in [1.82, 2.24) is 0 Å². The molecular formula is C15H15ClFN3O2S2. The molecule has 0 radical (unpaired) electrons. The Kier molecular flexibility index (Phi) is 5.44. The molecule has 0 heterocycles. The van der Waals surface area contributed by atoms with Gasteiger partial charge in [0.1, 0.15) is 5.82 Å². The van der Waals surface area contributed by atoms with Crippen molar-refractivity contribution in [1.29, 1.82) is 0 Å². The zero-order valence-electron chi connectivity index (χ0n) is 12.9. The number of sulfonamides is 1. The Bertz CT molecular complexity index is 917. The lowest BCUT2D eigenvalue weighted by Gasteiger charge is -2.15. The molecule has 0 atom stereocenters. The molecular weight excluding hydrogens is 373 g/mol. The molecule has 0 aliphatic heterocycles. The zero-order valence-corrected chi connectivity index (χ0v) is 15.2. The van der Waals surface area contributed by atoms with Gasteiger partial charge < -0.3 is 10.6 Å². The van der Waals surface area contributed by atoms with Gasteiger partial charge in [0.25, 0.3) is 0 Å². The second kappa shape index (κ2) is 7.02. The summed E-state index contributed by atoms with van der Waals surface area (Å²) < 4.78 is 36.3. The van der Waals surface area contributed by atoms with E-state index in [9.17, 15) is 12.8 Å². The molecule has 0 saturated carbocycles. The van der Waals surface area contributed by atoms with Gasteiger partial charge in [-0.2, -0.15) is 0 Å². The van der Waals surface area contributed by atoms with Gasteiger partial charge in [0.05, 0.1) is 9.92 Å². The number of aryl methyl sites for hydroxylation is 1. The molecule has 128 valence electrons. The lowest BCUT2D eigenvalue weighted by atomic mass is 10.1. The van der Waals surface area contributed by atoms with Crippen LogP contribution in [-0.2, 0) is 10.0 Å². The molecule has 0 aliphatic rings. The minimum atomic E-state index is -3.83. The van der Waals surface area contributed by atoms with Crippen molar-refractivity contribution in [3.8, 4) is 0 Å². The average molecular weight is 388 g/mol. The number of primary sulfonamides is 1. The predicted molar refractivity (Wildman–Crippen MR) is 98.5 cm³/mol. The normalized spacial score (nSPS) is 11.2. The Morgan fingerprint density at radius 3 is 2.46 bits per heavy atom. The van der Waals surface area contributed by atoms with Crippen LogP contribution >= 0.6 is 23.8 Å². The lowest BCUT2D eigenvalue weighted by Crippen LogP contribution is -2.21. The maximum atomic E-state index is 13.2. The summed E-state index contributed by atoms with van der Waals surface area (Å²) in [5.74, 6) is -0.534. The van der Waals surface area contributed by atoms with Crippen molar-refractivity contribution in [3.05, 3.63) is 52.3 Å². The van der Waals surface area contributed by atoms with E-state index in [4.69, 9.17) is 29.0 Å². The van der Waals surface area contributed by atoms with E-state index >= 15 is 0 Å². The summed E-state index contributed by atoms with van der Waals surface area (Å²) >= 11 is 10.9. The van der Waals surface area contributed by atoms with Crippen molar-refractivity contribution < 1.29 is 12.8 Å². The molecule has 0 amide bonds. The molecule has 2 aromatic rings. The number of thiocarbonyl (C=S) groups is 1. The highest BCUT2D eigenvalue weighted by Crippen LogP contribution is 2.24. The maximum Gasteiger partial charge on any atom is 0.238 e. The van der Waals surface area contributed by atoms with Gasteiger partial charge in [-0.3, -0.25) is 0 Å². The zero-order chi connectivity index (χ0) is 18.1. The van der Waals surface area contributed by atoms with E-state index < -0.39 is 15.8 Å². The number of benzene rings is 2. The van der Waals surface area contributed by atoms with E-state index in [1.54, 1.807) is 6.92 Å². The fourth-order valence-corrected chi connectivity index (χ4v) is 3.01. The fraction of sp³-hybridized carbons (Fsp3) is 0.133. The molecule has 24 heavy (non-hydrogen) atoms. The molecule has 5 nitrogen and oxygen atoms in total. The molecule has 0 saturated heterocycles. The first-order chi connectivity index (χ1) is 11.1. The van der Waals surface area contributed by atoms with E-state index in [1.807, 2.05) is 6.92 Å². The topological polar surface area (TPSA) is 84.2 Å². The highest BCUT2D eigenvalue weighted by Gasteiger charge is 2.13. The van der Waals surface area contributed by atoms with Gasteiger partial charge in [-0.25, -0.2) is 17.9 Å². The van der Waals surface area contributed by atoms with Crippen LogP contribution in [0.5, 0.6) is 0 Å². The van der Waals surface area contributed by atoms with Crippen LogP contribution in [0.15, 0.2) is 35.2 Å². The summed E-state index contributed by atoms with van der Waals surface area (Å²) in [6.07, 6.45) is 0. The van der Waals surface area contributed by atoms with Gasteiger partial charge in [-0.1, -0.05) is 11.6 Å². The molecule has 0 fully saturated rings. The van der Waals surface area contributed by atoms with Crippen molar-refractivity contribution >= 4 is 50.3 Å². The number of hydrogen-bond donors (Lipinski definition) is 3. The van der Waals surface area contributed by atoms with E-state index in [0.717, 1.165) is 11.1 Å². The summed E-state index contributed by atoms with van der Waals surface area (Å²) in [5.41, 5.74) is 2.57. The first-order valence-electron chi connectivity index (χ1n) is 6.75. The summed E-state index contributed by atoms with van der Waals surface area (Å²) in [6, 6.07) is 6.98. The fourth-order valence-electron chi connectivity index (χ4n) is 1.98. The SMILES string of the molecule is Cc1cc(S(N)(=O)=O)cc(NC(=S)Nc2ccc(F)c(Cl)c2)c1C. The number of halogens is 2. The Hall–Kier alpha value is -1.74. The van der Waals surface area contributed by atoms with Gasteiger partial charge in [0.2, 0.25) is 10.0 Å². The van der Waals surface area contributed by atoms with Crippen molar-refractivity contribution in [2.75, 3.05) is 10.6 Å². The number of hydrogen-bond acceptors (Lipinski definition) is 3. The van der Waals surface area contributed by atoms with E-state index in [0.29, 0.717) is 11.4 Å². The molecule has 0 aliphatic carbocycles. The minimum absolute atomic E-state index is 0.0132. The van der Waals surface area contributed by atoms with E-state index in [2.05, 4.69) is 10.6 Å². The first kappa shape index (κ1) is 18.6. The quantitative estimate of drug-likeness (QED) is 0.701. The third kappa shape index (κ3) is 4.41. The van der Waals surface area contributed by atoms with Crippen LogP contribution in [0.4, 0.5) is 15.8 Å². The van der Waals surface area contributed by atoms with E-state index in [-0.39, 0.29) is 15.0 Å². The molecule has 0 unspecified atom stereocenters. The average Bonchev–Trinajstić information content (AvgIpc) is 2.46. The standard InChI is InChI=1S/C15H15ClFN3O2S2/c1-8-5-11(24(18,21)22)7-14(9(8)2)20-15(23)19-10-3-4-13(17)12(16)6-10/h3-7H,1-2H3,(H2,18,21,22)(H2,19,20,23). The van der Waals surface area contributed by atoms with Crippen LogP contribution in [0.1, 0.15) is 11.1 Å². The van der Waals surface area contributed by atoms with E-state index in [1.165, 1.54) is 30.3 Å². The van der Waals surface area contributed by atoms with Crippen LogP contribution in [0.3, 0.4) is 0 Å². The summed E-state index contributed by atoms with van der Waals surface area (Å²) in [6.45, 7) is 3.59. The van der Waals surface area contributed by atoms with Crippen LogP contribution in [0, 0.1) is 19.7 Å². The third-order valence-corrected chi connectivity index (χ3v) is 4.78. The highest BCUT2D eigenvalue weighted by molar-refractivity contribution is 7.89. The lowest BCUT2D eigenvalue weighted by molar-refractivity contribution is 0.597. The summed E-state index contributed by atoms with van der Waals surface area (Å²) in [7, 11) is -3.83. The predicted octanol–water partition coefficient (Wildman–Crippen LogP) is 3.55. The molecule has 2 rings (SSSR count). The third-order valence-electron chi connectivity index (χ3n) is 3.40. The summed E-state index contributed by atoms with van der Waals surface area (Å²) in [4.78, 5) is -0.0132. The highest BCUT2D eigenvalue weighted by atomic mass is 35.5. The number of rotatable bonds is 3. The van der Waals surface area contributed by atoms with Crippen molar-refractivity contribution in [3.63, 3.8) is 0 Å². The largest absolute Gasteiger partial charge is 0.332 e. The van der Waals surface area contributed by atoms with Gasteiger partial charge in [-0.15, -0.1) is 0 Å². The Morgan fingerprint density at radius 2 is 1.88 bits per heavy atom.